The van der Waals surface area contributed by atoms with Crippen molar-refractivity contribution in [2.45, 2.75) is 6.92 Å². The van der Waals surface area contributed by atoms with Crippen molar-refractivity contribution < 1.29 is 19.1 Å². The highest BCUT2D eigenvalue weighted by molar-refractivity contribution is 9.10. The Balaban J connectivity index is 2.00. The maximum Gasteiger partial charge on any atom is 0.262 e. The smallest absolute Gasteiger partial charge is 0.262 e. The molecule has 0 heterocycles. The van der Waals surface area contributed by atoms with Gasteiger partial charge in [-0.05, 0) is 58.7 Å². The summed E-state index contributed by atoms with van der Waals surface area (Å²) in [7, 11) is 1.47. The number of carbonyl (C=O) groups is 2. The third kappa shape index (κ3) is 4.56. The van der Waals surface area contributed by atoms with Crippen molar-refractivity contribution in [3.05, 3.63) is 52.0 Å². The lowest BCUT2D eigenvalue weighted by molar-refractivity contribution is -0.118. The molecule has 0 saturated carbocycles. The lowest BCUT2D eigenvalue weighted by atomic mass is 10.2. The third-order valence-corrected chi connectivity index (χ3v) is 3.74. The molecule has 0 aliphatic rings. The first kappa shape index (κ1) is 17.0. The Bertz CT molecular complexity index is 731. The minimum atomic E-state index is -0.295. The fraction of sp³-hybridized carbons (Fsp3) is 0.176. The molecule has 2 aromatic carbocycles. The zero-order chi connectivity index (χ0) is 16.8. The van der Waals surface area contributed by atoms with Crippen molar-refractivity contribution in [2.24, 2.45) is 0 Å². The fourth-order valence-corrected chi connectivity index (χ4v) is 2.52. The first-order valence-electron chi connectivity index (χ1n) is 6.85. The average molecular weight is 378 g/mol. The number of ether oxygens (including phenoxy) is 2. The van der Waals surface area contributed by atoms with Crippen molar-refractivity contribution >= 4 is 33.8 Å². The van der Waals surface area contributed by atoms with Crippen LogP contribution in [0.15, 0.2) is 40.9 Å². The Labute approximate surface area is 142 Å². The van der Waals surface area contributed by atoms with Crippen LogP contribution in [-0.2, 0) is 4.79 Å². The summed E-state index contributed by atoms with van der Waals surface area (Å²) < 4.78 is 11.4. The van der Waals surface area contributed by atoms with E-state index in [0.29, 0.717) is 29.0 Å². The first-order valence-corrected chi connectivity index (χ1v) is 7.65. The third-order valence-electron chi connectivity index (χ3n) is 3.08. The summed E-state index contributed by atoms with van der Waals surface area (Å²) in [5.74, 6) is 0.506. The molecular formula is C17H16BrNO4. The van der Waals surface area contributed by atoms with Crippen LogP contribution in [0.3, 0.4) is 0 Å². The van der Waals surface area contributed by atoms with Gasteiger partial charge in [0.05, 0.1) is 12.8 Å². The van der Waals surface area contributed by atoms with Gasteiger partial charge in [-0.2, -0.15) is 0 Å². The molecule has 1 amide bonds. The van der Waals surface area contributed by atoms with E-state index in [1.165, 1.54) is 7.11 Å². The Hall–Kier alpha value is -2.34. The summed E-state index contributed by atoms with van der Waals surface area (Å²) in [6.45, 7) is 1.80. The molecule has 2 aromatic rings. The van der Waals surface area contributed by atoms with E-state index < -0.39 is 0 Å². The molecule has 0 bridgehead atoms. The van der Waals surface area contributed by atoms with Crippen LogP contribution < -0.4 is 14.8 Å². The number of hydrogen-bond acceptors (Lipinski definition) is 4. The molecule has 2 rings (SSSR count). The van der Waals surface area contributed by atoms with Crippen LogP contribution in [0.5, 0.6) is 11.5 Å². The van der Waals surface area contributed by atoms with Gasteiger partial charge in [-0.25, -0.2) is 0 Å². The molecule has 0 aliphatic heterocycles. The highest BCUT2D eigenvalue weighted by Crippen LogP contribution is 2.28. The van der Waals surface area contributed by atoms with Gasteiger partial charge in [-0.3, -0.25) is 9.59 Å². The minimum Gasteiger partial charge on any atom is -0.493 e. The van der Waals surface area contributed by atoms with Gasteiger partial charge in [-0.15, -0.1) is 0 Å². The number of amides is 1. The largest absolute Gasteiger partial charge is 0.493 e. The van der Waals surface area contributed by atoms with Crippen LogP contribution >= 0.6 is 15.9 Å². The van der Waals surface area contributed by atoms with Crippen molar-refractivity contribution in [2.75, 3.05) is 19.0 Å². The first-order chi connectivity index (χ1) is 11.0. The van der Waals surface area contributed by atoms with Gasteiger partial charge in [0.25, 0.3) is 5.91 Å². The predicted octanol–water partition coefficient (Wildman–Crippen LogP) is 3.60. The molecule has 5 nitrogen and oxygen atoms in total. The molecule has 1 N–H and O–H groups in total. The zero-order valence-electron chi connectivity index (χ0n) is 12.8. The highest BCUT2D eigenvalue weighted by atomic mass is 79.9. The second-order valence-corrected chi connectivity index (χ2v) is 5.70. The van der Waals surface area contributed by atoms with E-state index in [4.69, 9.17) is 9.47 Å². The molecule has 0 fully saturated rings. The Morgan fingerprint density at radius 2 is 2.00 bits per heavy atom. The highest BCUT2D eigenvalue weighted by Gasteiger charge is 2.10. The minimum absolute atomic E-state index is 0.170. The van der Waals surface area contributed by atoms with E-state index in [1.807, 2.05) is 25.1 Å². The summed E-state index contributed by atoms with van der Waals surface area (Å²) in [4.78, 5) is 22.7. The molecule has 0 saturated heterocycles. The lowest BCUT2D eigenvalue weighted by Crippen LogP contribution is -2.20. The topological polar surface area (TPSA) is 64.6 Å². The second kappa shape index (κ2) is 7.78. The number of rotatable bonds is 6. The number of hydrogen-bond donors (Lipinski definition) is 1. The second-order valence-electron chi connectivity index (χ2n) is 4.85. The Morgan fingerprint density at radius 3 is 2.65 bits per heavy atom. The number of carbonyl (C=O) groups excluding carboxylic acids is 2. The van der Waals surface area contributed by atoms with Crippen LogP contribution in [0.2, 0.25) is 0 Å². The van der Waals surface area contributed by atoms with Crippen LogP contribution in [-0.4, -0.2) is 25.9 Å². The number of benzene rings is 2. The molecule has 0 aliphatic carbocycles. The Morgan fingerprint density at radius 1 is 1.22 bits per heavy atom. The number of aryl methyl sites for hydroxylation is 1. The summed E-state index contributed by atoms with van der Waals surface area (Å²) in [5, 5.41) is 2.76. The van der Waals surface area contributed by atoms with Gasteiger partial charge >= 0.3 is 0 Å². The van der Waals surface area contributed by atoms with Gasteiger partial charge in [0.15, 0.2) is 18.1 Å². The maximum absolute atomic E-state index is 12.0. The van der Waals surface area contributed by atoms with Crippen molar-refractivity contribution in [1.29, 1.82) is 0 Å². The summed E-state index contributed by atoms with van der Waals surface area (Å²) in [6, 6.07) is 10.4. The van der Waals surface area contributed by atoms with Crippen LogP contribution in [0.4, 0.5) is 5.69 Å². The lowest BCUT2D eigenvalue weighted by Gasteiger charge is -2.12. The predicted molar refractivity (Wildman–Crippen MR) is 91.4 cm³/mol. The van der Waals surface area contributed by atoms with E-state index in [2.05, 4.69) is 21.2 Å². The van der Waals surface area contributed by atoms with Crippen molar-refractivity contribution in [3.8, 4) is 11.5 Å². The number of anilines is 1. The number of methoxy groups -OCH3 is 1. The molecule has 0 radical (unpaired) electrons. The molecular weight excluding hydrogens is 362 g/mol. The SMILES string of the molecule is COc1cc(C=O)ccc1OCC(=O)Nc1ccc(C)cc1Br. The molecule has 0 unspecified atom stereocenters. The molecule has 6 heteroatoms. The monoisotopic (exact) mass is 377 g/mol. The fourth-order valence-electron chi connectivity index (χ4n) is 1.93. The van der Waals surface area contributed by atoms with E-state index in [9.17, 15) is 9.59 Å². The van der Waals surface area contributed by atoms with E-state index in [1.54, 1.807) is 18.2 Å². The summed E-state index contributed by atoms with van der Waals surface area (Å²) in [6.07, 6.45) is 0.716. The number of halogens is 1. The maximum atomic E-state index is 12.0. The zero-order valence-corrected chi connectivity index (χ0v) is 14.3. The van der Waals surface area contributed by atoms with Crippen LogP contribution in [0, 0.1) is 6.92 Å². The van der Waals surface area contributed by atoms with Crippen molar-refractivity contribution in [1.82, 2.24) is 0 Å². The summed E-state index contributed by atoms with van der Waals surface area (Å²) in [5.41, 5.74) is 2.24. The van der Waals surface area contributed by atoms with Gasteiger partial charge in [0.1, 0.15) is 6.29 Å². The molecule has 23 heavy (non-hydrogen) atoms. The summed E-state index contributed by atoms with van der Waals surface area (Å²) >= 11 is 3.40. The van der Waals surface area contributed by atoms with Gasteiger partial charge in [0.2, 0.25) is 0 Å². The standard InChI is InChI=1S/C17H16BrNO4/c1-11-3-5-14(13(18)7-11)19-17(21)10-23-15-6-4-12(9-20)8-16(15)22-2/h3-9H,10H2,1-2H3,(H,19,21). The molecule has 120 valence electrons. The van der Waals surface area contributed by atoms with Crippen LogP contribution in [0.25, 0.3) is 0 Å². The number of nitrogens with one attached hydrogen (secondary N) is 1. The van der Waals surface area contributed by atoms with Crippen molar-refractivity contribution in [3.63, 3.8) is 0 Å². The van der Waals surface area contributed by atoms with Gasteiger partial charge < -0.3 is 14.8 Å². The van der Waals surface area contributed by atoms with E-state index in [-0.39, 0.29) is 12.5 Å². The van der Waals surface area contributed by atoms with E-state index >= 15 is 0 Å². The van der Waals surface area contributed by atoms with E-state index in [0.717, 1.165) is 10.0 Å². The van der Waals surface area contributed by atoms with Crippen LogP contribution in [0.1, 0.15) is 15.9 Å². The normalized spacial score (nSPS) is 10.0. The Kier molecular flexibility index (Phi) is 5.76. The molecule has 0 aromatic heterocycles. The quantitative estimate of drug-likeness (QED) is 0.781. The average Bonchev–Trinajstić information content (AvgIpc) is 2.55. The van der Waals surface area contributed by atoms with Gasteiger partial charge in [-0.1, -0.05) is 6.07 Å². The molecule has 0 spiro atoms. The van der Waals surface area contributed by atoms with Gasteiger partial charge in [0, 0.05) is 10.0 Å². The number of aldehydes is 1. The molecule has 0 atom stereocenters.